The molecule has 3 saturated carbocycles. The average Bonchev–Trinajstić information content (AvgIpc) is 2.67. The summed E-state index contributed by atoms with van der Waals surface area (Å²) >= 11 is 0. The van der Waals surface area contributed by atoms with Crippen LogP contribution in [0.1, 0.15) is 77.6 Å². The highest BCUT2D eigenvalue weighted by atomic mass is 16.5. The van der Waals surface area contributed by atoms with Crippen molar-refractivity contribution in [2.45, 2.75) is 89.3 Å². The van der Waals surface area contributed by atoms with Gasteiger partial charge in [0.1, 0.15) is 5.78 Å². The number of unbranched alkanes of at least 4 members (excludes halogenated alkanes) is 1. The Kier molecular flexibility index (Phi) is 7.54. The van der Waals surface area contributed by atoms with Crippen molar-refractivity contribution in [2.24, 2.45) is 17.8 Å². The maximum absolute atomic E-state index is 11.6. The van der Waals surface area contributed by atoms with Gasteiger partial charge in [0.15, 0.2) is 0 Å². The Bertz CT molecular complexity index is 700. The summed E-state index contributed by atoms with van der Waals surface area (Å²) in [5.74, 6) is 6.72. The molecule has 3 fully saturated rings. The molecule has 0 aromatic heterocycles. The third-order valence-corrected chi connectivity index (χ3v) is 6.87. The molecule has 0 spiro atoms. The van der Waals surface area contributed by atoms with E-state index in [4.69, 9.17) is 9.84 Å². The molecule has 3 rings (SSSR count). The van der Waals surface area contributed by atoms with E-state index in [2.05, 4.69) is 17.9 Å². The van der Waals surface area contributed by atoms with Crippen molar-refractivity contribution in [3.05, 3.63) is 11.6 Å². The number of ketones is 1. The van der Waals surface area contributed by atoms with Crippen LogP contribution in [0, 0.1) is 29.6 Å². The molecule has 0 aliphatic heterocycles. The number of carboxylic acid groups (broad SMARTS) is 1. The number of carbonyl (C=O) groups is 2. The summed E-state index contributed by atoms with van der Waals surface area (Å²) in [7, 11) is 0. The Morgan fingerprint density at radius 2 is 2.17 bits per heavy atom. The van der Waals surface area contributed by atoms with E-state index < -0.39 is 12.1 Å². The number of carboxylic acids is 1. The Morgan fingerprint density at radius 1 is 1.34 bits per heavy atom. The topological polar surface area (TPSA) is 83.8 Å². The molecule has 160 valence electrons. The lowest BCUT2D eigenvalue weighted by Crippen LogP contribution is -2.60. The number of Topliss-reactive ketones (excluding diaryl/α,β-unsaturated/α-hetero) is 1. The van der Waals surface area contributed by atoms with Crippen LogP contribution in [0.5, 0.6) is 0 Å². The van der Waals surface area contributed by atoms with E-state index in [1.807, 2.05) is 6.92 Å². The minimum absolute atomic E-state index is 0.0919. The number of hydrogen-bond donors (Lipinski definition) is 2. The first-order valence-corrected chi connectivity index (χ1v) is 11.2. The number of fused-ring (bicyclic) bond motifs is 1. The SMILES string of the molecule is CCOC12CCC(O)C(C#CCC3CCCC(=O)C3)C1C/C2=C\CCCC(=O)O. The lowest BCUT2D eigenvalue weighted by molar-refractivity contribution is -0.152. The monoisotopic (exact) mass is 402 g/mol. The molecule has 0 amide bonds. The van der Waals surface area contributed by atoms with Crippen molar-refractivity contribution in [3.63, 3.8) is 0 Å². The van der Waals surface area contributed by atoms with Gasteiger partial charge in [0.2, 0.25) is 0 Å². The van der Waals surface area contributed by atoms with Crippen LogP contribution in [0.3, 0.4) is 0 Å². The Labute approximate surface area is 173 Å². The number of hydrogen-bond acceptors (Lipinski definition) is 4. The lowest BCUT2D eigenvalue weighted by Gasteiger charge is -2.57. The minimum atomic E-state index is -0.759. The molecular weight excluding hydrogens is 368 g/mol. The van der Waals surface area contributed by atoms with Crippen molar-refractivity contribution in [3.8, 4) is 11.8 Å². The molecule has 5 nitrogen and oxygen atoms in total. The van der Waals surface area contributed by atoms with Crippen molar-refractivity contribution in [1.82, 2.24) is 0 Å². The number of aliphatic carboxylic acids is 1. The molecule has 3 aliphatic carbocycles. The highest BCUT2D eigenvalue weighted by Gasteiger charge is 2.58. The van der Waals surface area contributed by atoms with Gasteiger partial charge in [-0.3, -0.25) is 9.59 Å². The fourth-order valence-electron chi connectivity index (χ4n) is 5.38. The van der Waals surface area contributed by atoms with E-state index in [1.54, 1.807) is 0 Å². The van der Waals surface area contributed by atoms with Crippen LogP contribution in [0.2, 0.25) is 0 Å². The quantitative estimate of drug-likeness (QED) is 0.383. The van der Waals surface area contributed by atoms with Gasteiger partial charge in [0.05, 0.1) is 17.6 Å². The molecule has 0 heterocycles. The van der Waals surface area contributed by atoms with E-state index in [9.17, 15) is 14.7 Å². The third-order valence-electron chi connectivity index (χ3n) is 6.87. The van der Waals surface area contributed by atoms with Gasteiger partial charge in [-0.05, 0) is 63.4 Å². The molecule has 5 heteroatoms. The first-order chi connectivity index (χ1) is 14.0. The van der Waals surface area contributed by atoms with Gasteiger partial charge in [-0.25, -0.2) is 0 Å². The second kappa shape index (κ2) is 9.91. The van der Waals surface area contributed by atoms with E-state index in [0.29, 0.717) is 44.0 Å². The molecule has 29 heavy (non-hydrogen) atoms. The number of aliphatic hydroxyl groups excluding tert-OH is 1. The van der Waals surface area contributed by atoms with Crippen molar-refractivity contribution in [2.75, 3.05) is 6.61 Å². The van der Waals surface area contributed by atoms with E-state index in [0.717, 1.165) is 38.5 Å². The Hall–Kier alpha value is -1.64. The molecule has 0 bridgehead atoms. The minimum Gasteiger partial charge on any atom is -0.481 e. The summed E-state index contributed by atoms with van der Waals surface area (Å²) in [5, 5.41) is 19.4. The van der Waals surface area contributed by atoms with E-state index in [-0.39, 0.29) is 23.9 Å². The van der Waals surface area contributed by atoms with Crippen LogP contribution in [-0.2, 0) is 14.3 Å². The van der Waals surface area contributed by atoms with Gasteiger partial charge in [0, 0.05) is 38.2 Å². The fraction of sp³-hybridized carbons (Fsp3) is 0.750. The van der Waals surface area contributed by atoms with Gasteiger partial charge in [-0.15, -0.1) is 5.92 Å². The summed E-state index contributed by atoms with van der Waals surface area (Å²) in [5.41, 5.74) is 0.920. The zero-order valence-corrected chi connectivity index (χ0v) is 17.5. The fourth-order valence-corrected chi connectivity index (χ4v) is 5.38. The molecule has 0 radical (unpaired) electrons. The predicted octanol–water partition coefficient (Wildman–Crippen LogP) is 3.89. The van der Waals surface area contributed by atoms with Crippen molar-refractivity contribution in [1.29, 1.82) is 0 Å². The highest BCUT2D eigenvalue weighted by molar-refractivity contribution is 5.79. The summed E-state index contributed by atoms with van der Waals surface area (Å²) in [6, 6.07) is 0. The van der Waals surface area contributed by atoms with Crippen LogP contribution in [0.25, 0.3) is 0 Å². The zero-order valence-electron chi connectivity index (χ0n) is 17.5. The smallest absolute Gasteiger partial charge is 0.303 e. The van der Waals surface area contributed by atoms with Crippen LogP contribution in [0.4, 0.5) is 0 Å². The summed E-state index contributed by atoms with van der Waals surface area (Å²) < 4.78 is 6.24. The Morgan fingerprint density at radius 3 is 2.90 bits per heavy atom. The second-order valence-corrected chi connectivity index (χ2v) is 8.81. The molecular formula is C24H34O5. The molecule has 5 unspecified atom stereocenters. The van der Waals surface area contributed by atoms with Crippen molar-refractivity contribution < 1.29 is 24.5 Å². The van der Waals surface area contributed by atoms with E-state index >= 15 is 0 Å². The van der Waals surface area contributed by atoms with Gasteiger partial charge < -0.3 is 14.9 Å². The number of aliphatic hydroxyl groups is 1. The third kappa shape index (κ3) is 5.10. The maximum Gasteiger partial charge on any atom is 0.303 e. The van der Waals surface area contributed by atoms with Gasteiger partial charge >= 0.3 is 5.97 Å². The summed E-state index contributed by atoms with van der Waals surface area (Å²) in [6.07, 6.45) is 9.79. The lowest BCUT2D eigenvalue weighted by atomic mass is 9.53. The number of rotatable bonds is 7. The van der Waals surface area contributed by atoms with Gasteiger partial charge in [0.25, 0.3) is 0 Å². The van der Waals surface area contributed by atoms with E-state index in [1.165, 1.54) is 5.57 Å². The number of allylic oxidation sites excluding steroid dienone is 1. The molecule has 2 N–H and O–H groups in total. The highest BCUT2D eigenvalue weighted by Crippen LogP contribution is 2.57. The molecule has 0 aromatic rings. The average molecular weight is 403 g/mol. The predicted molar refractivity (Wildman–Crippen MR) is 110 cm³/mol. The zero-order chi connectivity index (χ0) is 20.9. The van der Waals surface area contributed by atoms with Crippen LogP contribution < -0.4 is 0 Å². The summed E-state index contributed by atoms with van der Waals surface area (Å²) in [6.45, 7) is 2.61. The maximum atomic E-state index is 11.6. The standard InChI is InChI=1S/C24H34O5/c1-2-29-24-14-13-22(26)20(11-6-8-17-7-5-10-19(25)15-17)21(24)16-18(24)9-3-4-12-23(27)28/h9,17,20-22,26H,2-5,7-8,10,12-16H2,1H3,(H,27,28)/b18-9+. The summed E-state index contributed by atoms with van der Waals surface area (Å²) in [4.78, 5) is 22.4. The van der Waals surface area contributed by atoms with Crippen LogP contribution >= 0.6 is 0 Å². The van der Waals surface area contributed by atoms with Crippen molar-refractivity contribution >= 4 is 11.8 Å². The van der Waals surface area contributed by atoms with Gasteiger partial charge in [-0.1, -0.05) is 12.0 Å². The van der Waals surface area contributed by atoms with Crippen LogP contribution in [0.15, 0.2) is 11.6 Å². The normalized spacial score (nSPS) is 35.4. The second-order valence-electron chi connectivity index (χ2n) is 8.81. The Balaban J connectivity index is 1.65. The molecule has 0 saturated heterocycles. The van der Waals surface area contributed by atoms with Crippen LogP contribution in [-0.4, -0.2) is 40.3 Å². The molecule has 3 aliphatic rings. The first-order valence-electron chi connectivity index (χ1n) is 11.2. The first kappa shape index (κ1) is 22.1. The molecule has 0 aromatic carbocycles. The molecule has 5 atom stereocenters. The number of ether oxygens (including phenoxy) is 1. The van der Waals surface area contributed by atoms with Gasteiger partial charge in [-0.2, -0.15) is 0 Å². The largest absolute Gasteiger partial charge is 0.481 e. The number of carbonyl (C=O) groups excluding carboxylic acids is 1.